The highest BCUT2D eigenvalue weighted by atomic mass is 79.9. The predicted octanol–water partition coefficient (Wildman–Crippen LogP) is 4.33. The highest BCUT2D eigenvalue weighted by Gasteiger charge is 2.11. The van der Waals surface area contributed by atoms with E-state index in [2.05, 4.69) is 22.9 Å². The fourth-order valence-electron chi connectivity index (χ4n) is 1.32. The standard InChI is InChI=1S/C11H14BrClO/c1-2-3-4-11(14)9-7-8(12)5-6-10(9)13/h5-7,11,14H,2-4H2,1H3. The molecule has 78 valence electrons. The van der Waals surface area contributed by atoms with Crippen molar-refractivity contribution in [3.63, 3.8) is 0 Å². The molecule has 0 aliphatic rings. The molecule has 3 heteroatoms. The van der Waals surface area contributed by atoms with Crippen LogP contribution in [-0.4, -0.2) is 5.11 Å². The number of halogens is 2. The number of aliphatic hydroxyl groups is 1. The second-order valence-electron chi connectivity index (χ2n) is 3.32. The monoisotopic (exact) mass is 276 g/mol. The van der Waals surface area contributed by atoms with Gasteiger partial charge in [-0.2, -0.15) is 0 Å². The summed E-state index contributed by atoms with van der Waals surface area (Å²) in [5, 5.41) is 10.5. The van der Waals surface area contributed by atoms with E-state index in [9.17, 15) is 5.11 Å². The lowest BCUT2D eigenvalue weighted by Crippen LogP contribution is -1.98. The van der Waals surface area contributed by atoms with E-state index in [1.807, 2.05) is 12.1 Å². The van der Waals surface area contributed by atoms with Gasteiger partial charge in [-0.25, -0.2) is 0 Å². The summed E-state index contributed by atoms with van der Waals surface area (Å²) in [6, 6.07) is 5.55. The van der Waals surface area contributed by atoms with E-state index >= 15 is 0 Å². The average Bonchev–Trinajstić information content (AvgIpc) is 2.18. The van der Waals surface area contributed by atoms with Crippen LogP contribution < -0.4 is 0 Å². The molecule has 1 N–H and O–H groups in total. The van der Waals surface area contributed by atoms with Crippen molar-refractivity contribution >= 4 is 27.5 Å². The van der Waals surface area contributed by atoms with E-state index in [1.54, 1.807) is 6.07 Å². The highest BCUT2D eigenvalue weighted by molar-refractivity contribution is 9.10. The summed E-state index contributed by atoms with van der Waals surface area (Å²) in [5.41, 5.74) is 0.814. The molecule has 0 amide bonds. The SMILES string of the molecule is CCCCC(O)c1cc(Br)ccc1Cl. The topological polar surface area (TPSA) is 20.2 Å². The van der Waals surface area contributed by atoms with Crippen LogP contribution in [-0.2, 0) is 0 Å². The Bertz CT molecular complexity index is 301. The molecule has 1 aromatic rings. The van der Waals surface area contributed by atoms with Gasteiger partial charge in [0, 0.05) is 15.1 Å². The van der Waals surface area contributed by atoms with Crippen LogP contribution in [0.1, 0.15) is 37.9 Å². The minimum atomic E-state index is -0.444. The Morgan fingerprint density at radius 2 is 2.21 bits per heavy atom. The van der Waals surface area contributed by atoms with E-state index in [-0.39, 0.29) is 0 Å². The fraction of sp³-hybridized carbons (Fsp3) is 0.455. The Morgan fingerprint density at radius 1 is 1.50 bits per heavy atom. The lowest BCUT2D eigenvalue weighted by molar-refractivity contribution is 0.164. The van der Waals surface area contributed by atoms with Crippen molar-refractivity contribution in [3.8, 4) is 0 Å². The van der Waals surface area contributed by atoms with Gasteiger partial charge in [0.05, 0.1) is 6.10 Å². The van der Waals surface area contributed by atoms with E-state index in [0.717, 1.165) is 29.3 Å². The van der Waals surface area contributed by atoms with Crippen molar-refractivity contribution in [2.75, 3.05) is 0 Å². The normalized spacial score (nSPS) is 12.9. The van der Waals surface area contributed by atoms with Crippen molar-refractivity contribution in [2.24, 2.45) is 0 Å². The Balaban J connectivity index is 2.77. The Kier molecular flexibility index (Phi) is 4.93. The van der Waals surface area contributed by atoms with Crippen molar-refractivity contribution in [1.29, 1.82) is 0 Å². The molecule has 0 saturated carbocycles. The lowest BCUT2D eigenvalue weighted by atomic mass is 10.0. The first-order chi connectivity index (χ1) is 6.65. The molecule has 0 radical (unpaired) electrons. The molecule has 0 aliphatic carbocycles. The van der Waals surface area contributed by atoms with Gasteiger partial charge in [-0.05, 0) is 24.6 Å². The molecule has 1 aromatic carbocycles. The maximum atomic E-state index is 9.85. The molecular weight excluding hydrogens is 263 g/mol. The average molecular weight is 278 g/mol. The number of aliphatic hydroxyl groups excluding tert-OH is 1. The third kappa shape index (κ3) is 3.26. The summed E-state index contributed by atoms with van der Waals surface area (Å²) < 4.78 is 0.951. The summed E-state index contributed by atoms with van der Waals surface area (Å²) in [7, 11) is 0. The number of hydrogen-bond donors (Lipinski definition) is 1. The van der Waals surface area contributed by atoms with Gasteiger partial charge in [0.15, 0.2) is 0 Å². The zero-order valence-corrected chi connectivity index (χ0v) is 10.5. The molecule has 0 fully saturated rings. The number of hydrogen-bond acceptors (Lipinski definition) is 1. The molecular formula is C11H14BrClO. The van der Waals surface area contributed by atoms with Crippen LogP contribution in [0.25, 0.3) is 0 Å². The van der Waals surface area contributed by atoms with Gasteiger partial charge < -0.3 is 5.11 Å². The summed E-state index contributed by atoms with van der Waals surface area (Å²) in [4.78, 5) is 0. The number of benzene rings is 1. The van der Waals surface area contributed by atoms with Crippen molar-refractivity contribution in [2.45, 2.75) is 32.3 Å². The van der Waals surface area contributed by atoms with Crippen LogP contribution >= 0.6 is 27.5 Å². The molecule has 1 unspecified atom stereocenters. The second kappa shape index (κ2) is 5.74. The first kappa shape index (κ1) is 12.0. The van der Waals surface area contributed by atoms with E-state index in [4.69, 9.17) is 11.6 Å². The molecule has 1 nitrogen and oxygen atoms in total. The van der Waals surface area contributed by atoms with Gasteiger partial charge in [0.25, 0.3) is 0 Å². The number of unbranched alkanes of at least 4 members (excludes halogenated alkanes) is 1. The van der Waals surface area contributed by atoms with Crippen molar-refractivity contribution in [1.82, 2.24) is 0 Å². The third-order valence-corrected chi connectivity index (χ3v) is 2.99. The van der Waals surface area contributed by atoms with Gasteiger partial charge in [0.1, 0.15) is 0 Å². The Hall–Kier alpha value is -0.0500. The molecule has 0 bridgehead atoms. The third-order valence-electron chi connectivity index (χ3n) is 2.15. The molecule has 0 heterocycles. The minimum absolute atomic E-state index is 0.444. The zero-order valence-electron chi connectivity index (χ0n) is 8.13. The van der Waals surface area contributed by atoms with Crippen molar-refractivity contribution in [3.05, 3.63) is 33.3 Å². The molecule has 0 spiro atoms. The molecule has 1 rings (SSSR count). The Labute approximate surface area is 98.2 Å². The molecule has 1 atom stereocenters. The molecule has 14 heavy (non-hydrogen) atoms. The first-order valence-corrected chi connectivity index (χ1v) is 5.95. The summed E-state index contributed by atoms with van der Waals surface area (Å²) in [6.07, 6.45) is 2.43. The summed E-state index contributed by atoms with van der Waals surface area (Å²) >= 11 is 9.35. The maximum absolute atomic E-state index is 9.85. The lowest BCUT2D eigenvalue weighted by Gasteiger charge is -2.12. The van der Waals surface area contributed by atoms with E-state index in [0.29, 0.717) is 5.02 Å². The minimum Gasteiger partial charge on any atom is -0.388 e. The quantitative estimate of drug-likeness (QED) is 0.868. The molecule has 0 saturated heterocycles. The van der Waals surface area contributed by atoms with Gasteiger partial charge in [-0.15, -0.1) is 0 Å². The number of rotatable bonds is 4. The van der Waals surface area contributed by atoms with E-state index < -0.39 is 6.10 Å². The van der Waals surface area contributed by atoms with Gasteiger partial charge >= 0.3 is 0 Å². The van der Waals surface area contributed by atoms with E-state index in [1.165, 1.54) is 0 Å². The van der Waals surface area contributed by atoms with Crippen LogP contribution in [0, 0.1) is 0 Å². The first-order valence-electron chi connectivity index (χ1n) is 4.78. The molecule has 0 aliphatic heterocycles. The van der Waals surface area contributed by atoms with Crippen LogP contribution in [0.2, 0.25) is 5.02 Å². The van der Waals surface area contributed by atoms with Crippen LogP contribution in [0.4, 0.5) is 0 Å². The van der Waals surface area contributed by atoms with Gasteiger partial charge in [0.2, 0.25) is 0 Å². The molecule has 0 aromatic heterocycles. The van der Waals surface area contributed by atoms with Crippen LogP contribution in [0.5, 0.6) is 0 Å². The zero-order chi connectivity index (χ0) is 10.6. The largest absolute Gasteiger partial charge is 0.388 e. The second-order valence-corrected chi connectivity index (χ2v) is 4.65. The Morgan fingerprint density at radius 3 is 2.86 bits per heavy atom. The van der Waals surface area contributed by atoms with Gasteiger partial charge in [-0.1, -0.05) is 47.3 Å². The predicted molar refractivity (Wildman–Crippen MR) is 63.6 cm³/mol. The maximum Gasteiger partial charge on any atom is 0.0804 e. The van der Waals surface area contributed by atoms with Crippen molar-refractivity contribution < 1.29 is 5.11 Å². The smallest absolute Gasteiger partial charge is 0.0804 e. The van der Waals surface area contributed by atoms with Crippen LogP contribution in [0.15, 0.2) is 22.7 Å². The van der Waals surface area contributed by atoms with Crippen LogP contribution in [0.3, 0.4) is 0 Å². The fourth-order valence-corrected chi connectivity index (χ4v) is 1.95. The summed E-state index contributed by atoms with van der Waals surface area (Å²) in [5.74, 6) is 0. The van der Waals surface area contributed by atoms with Gasteiger partial charge in [-0.3, -0.25) is 0 Å². The summed E-state index contributed by atoms with van der Waals surface area (Å²) in [6.45, 7) is 2.11. The highest BCUT2D eigenvalue weighted by Crippen LogP contribution is 2.29.